The highest BCUT2D eigenvalue weighted by atomic mass is 16.1. The summed E-state index contributed by atoms with van der Waals surface area (Å²) in [6.07, 6.45) is -0.0741. The Morgan fingerprint density at radius 2 is 1.92 bits per heavy atom. The van der Waals surface area contributed by atoms with Crippen molar-refractivity contribution < 1.29 is 4.79 Å². The fraction of sp³-hybridized carbons (Fsp3) is 0.158. The van der Waals surface area contributed by atoms with Gasteiger partial charge in [-0.3, -0.25) is 4.79 Å². The lowest BCUT2D eigenvalue weighted by Crippen LogP contribution is -2.25. The normalized spacial score (nSPS) is 15.2. The van der Waals surface area contributed by atoms with Gasteiger partial charge in [-0.15, -0.1) is 0 Å². The number of aryl methyl sites for hydroxylation is 1. The van der Waals surface area contributed by atoms with Gasteiger partial charge in [0.05, 0.1) is 11.4 Å². The minimum absolute atomic E-state index is 0.0718. The minimum atomic E-state index is -0.0741. The first-order valence-electron chi connectivity index (χ1n) is 7.91. The zero-order valence-corrected chi connectivity index (χ0v) is 13.6. The molecule has 2 aromatic carbocycles. The monoisotopic (exact) mass is 318 g/mol. The molecule has 0 saturated carbocycles. The third kappa shape index (κ3) is 2.44. The van der Waals surface area contributed by atoms with Gasteiger partial charge < -0.3 is 10.6 Å². The molecule has 0 bridgehead atoms. The summed E-state index contributed by atoms with van der Waals surface area (Å²) < 4.78 is 2.02. The summed E-state index contributed by atoms with van der Waals surface area (Å²) in [6.45, 7) is 3.51. The number of fused-ring (bicyclic) bond motifs is 3. The molecule has 1 aromatic heterocycles. The highest BCUT2D eigenvalue weighted by Crippen LogP contribution is 2.38. The zero-order valence-electron chi connectivity index (χ0n) is 13.6. The Kier molecular flexibility index (Phi) is 3.34. The van der Waals surface area contributed by atoms with Crippen molar-refractivity contribution in [2.45, 2.75) is 20.0 Å². The van der Waals surface area contributed by atoms with E-state index in [2.05, 4.69) is 33.9 Å². The maximum absolute atomic E-state index is 11.2. The Morgan fingerprint density at radius 1 is 1.17 bits per heavy atom. The van der Waals surface area contributed by atoms with Gasteiger partial charge in [0.1, 0.15) is 6.17 Å². The molecular formula is C19H18N4O. The predicted molar refractivity (Wildman–Crippen MR) is 94.9 cm³/mol. The Hall–Kier alpha value is -3.08. The molecule has 0 fully saturated rings. The van der Waals surface area contributed by atoms with Crippen LogP contribution in [0.1, 0.15) is 24.3 Å². The maximum Gasteiger partial charge on any atom is 0.221 e. The van der Waals surface area contributed by atoms with E-state index in [1.807, 2.05) is 48.0 Å². The number of hydrogen-bond acceptors (Lipinski definition) is 3. The van der Waals surface area contributed by atoms with E-state index in [0.29, 0.717) is 0 Å². The van der Waals surface area contributed by atoms with Gasteiger partial charge in [0.25, 0.3) is 0 Å². The zero-order chi connectivity index (χ0) is 16.7. The van der Waals surface area contributed by atoms with Crippen molar-refractivity contribution in [3.63, 3.8) is 0 Å². The van der Waals surface area contributed by atoms with Crippen molar-refractivity contribution >= 4 is 17.3 Å². The van der Waals surface area contributed by atoms with Crippen molar-refractivity contribution in [1.29, 1.82) is 0 Å². The third-order valence-corrected chi connectivity index (χ3v) is 4.14. The fourth-order valence-electron chi connectivity index (χ4n) is 3.13. The first-order valence-corrected chi connectivity index (χ1v) is 7.91. The third-order valence-electron chi connectivity index (χ3n) is 4.14. The minimum Gasteiger partial charge on any atom is -0.359 e. The fourth-order valence-corrected chi connectivity index (χ4v) is 3.13. The van der Waals surface area contributed by atoms with Crippen LogP contribution in [0.2, 0.25) is 0 Å². The number of carbonyl (C=O) groups is 1. The average molecular weight is 318 g/mol. The number of benzene rings is 2. The van der Waals surface area contributed by atoms with Crippen LogP contribution in [0.5, 0.6) is 0 Å². The predicted octanol–water partition coefficient (Wildman–Crippen LogP) is 3.79. The number of nitrogens with zero attached hydrogens (tertiary/aromatic N) is 2. The molecule has 0 saturated heterocycles. The molecule has 3 aromatic rings. The van der Waals surface area contributed by atoms with Gasteiger partial charge in [0, 0.05) is 23.9 Å². The van der Waals surface area contributed by atoms with Gasteiger partial charge in [0.2, 0.25) is 5.91 Å². The lowest BCUT2D eigenvalue weighted by atomic mass is 10.0. The Bertz CT molecular complexity index is 911. The van der Waals surface area contributed by atoms with Gasteiger partial charge in [-0.2, -0.15) is 5.10 Å². The van der Waals surface area contributed by atoms with Crippen LogP contribution < -0.4 is 10.6 Å². The summed E-state index contributed by atoms with van der Waals surface area (Å²) in [6, 6.07) is 18.2. The molecule has 1 amide bonds. The van der Waals surface area contributed by atoms with Crippen LogP contribution in [0, 0.1) is 6.92 Å². The molecule has 0 radical (unpaired) electrons. The average Bonchev–Trinajstić information content (AvgIpc) is 2.96. The molecule has 1 unspecified atom stereocenters. The van der Waals surface area contributed by atoms with Crippen LogP contribution in [-0.4, -0.2) is 15.7 Å². The van der Waals surface area contributed by atoms with E-state index in [1.54, 1.807) is 0 Å². The Balaban J connectivity index is 1.75. The molecule has 5 nitrogen and oxygen atoms in total. The Morgan fingerprint density at radius 3 is 2.67 bits per heavy atom. The van der Waals surface area contributed by atoms with E-state index >= 15 is 0 Å². The van der Waals surface area contributed by atoms with E-state index in [4.69, 9.17) is 0 Å². The van der Waals surface area contributed by atoms with Crippen LogP contribution in [-0.2, 0) is 4.79 Å². The van der Waals surface area contributed by atoms with Gasteiger partial charge in [-0.05, 0) is 36.8 Å². The van der Waals surface area contributed by atoms with Gasteiger partial charge in [-0.25, -0.2) is 4.68 Å². The number of carbonyl (C=O) groups excluding carboxylic acids is 1. The second kappa shape index (κ2) is 5.53. The van der Waals surface area contributed by atoms with Crippen molar-refractivity contribution in [1.82, 2.24) is 9.78 Å². The topological polar surface area (TPSA) is 59.0 Å². The van der Waals surface area contributed by atoms with Crippen LogP contribution in [0.4, 0.5) is 11.4 Å². The number of para-hydroxylation sites is 1. The van der Waals surface area contributed by atoms with Crippen molar-refractivity contribution in [2.24, 2.45) is 0 Å². The van der Waals surface area contributed by atoms with Crippen LogP contribution in [0.25, 0.3) is 11.3 Å². The number of hydrogen-bond donors (Lipinski definition) is 2. The standard InChI is InChI=1S/C19H18N4O/c1-12-11-18-16-5-3-4-6-17(16)21-19(23(18)22-12)14-7-9-15(10-8-14)20-13(2)24/h3-11,19,21H,1-2H3,(H,20,24). The first kappa shape index (κ1) is 14.5. The lowest BCUT2D eigenvalue weighted by molar-refractivity contribution is -0.114. The van der Waals surface area contributed by atoms with Crippen LogP contribution in [0.3, 0.4) is 0 Å². The molecule has 0 spiro atoms. The molecule has 2 heterocycles. The van der Waals surface area contributed by atoms with Gasteiger partial charge in [0.15, 0.2) is 0 Å². The van der Waals surface area contributed by atoms with Crippen LogP contribution >= 0.6 is 0 Å². The van der Waals surface area contributed by atoms with E-state index in [9.17, 15) is 4.79 Å². The molecule has 5 heteroatoms. The van der Waals surface area contributed by atoms with Gasteiger partial charge >= 0.3 is 0 Å². The van der Waals surface area contributed by atoms with Crippen molar-refractivity contribution in [3.8, 4) is 11.3 Å². The molecule has 4 rings (SSSR count). The number of rotatable bonds is 2. The molecule has 2 N–H and O–H groups in total. The molecule has 1 aliphatic rings. The highest BCUT2D eigenvalue weighted by Gasteiger charge is 2.25. The summed E-state index contributed by atoms with van der Waals surface area (Å²) in [4.78, 5) is 11.2. The van der Waals surface area contributed by atoms with E-state index in [-0.39, 0.29) is 12.1 Å². The summed E-state index contributed by atoms with van der Waals surface area (Å²) >= 11 is 0. The Labute approximate surface area is 140 Å². The molecule has 1 atom stereocenters. The second-order valence-electron chi connectivity index (χ2n) is 6.01. The van der Waals surface area contributed by atoms with E-state index < -0.39 is 0 Å². The second-order valence-corrected chi connectivity index (χ2v) is 6.01. The maximum atomic E-state index is 11.2. The van der Waals surface area contributed by atoms with Crippen molar-refractivity contribution in [3.05, 3.63) is 65.9 Å². The lowest BCUT2D eigenvalue weighted by Gasteiger charge is -2.29. The number of anilines is 2. The smallest absolute Gasteiger partial charge is 0.221 e. The molecule has 0 aliphatic carbocycles. The molecular weight excluding hydrogens is 300 g/mol. The SMILES string of the molecule is CC(=O)Nc1ccc(C2Nc3ccccc3-c3cc(C)nn32)cc1. The molecule has 24 heavy (non-hydrogen) atoms. The summed E-state index contributed by atoms with van der Waals surface area (Å²) in [5, 5.41) is 11.0. The quantitative estimate of drug-likeness (QED) is 0.756. The number of nitrogens with one attached hydrogen (secondary N) is 2. The summed E-state index contributed by atoms with van der Waals surface area (Å²) in [5.74, 6) is -0.0718. The van der Waals surface area contributed by atoms with Crippen molar-refractivity contribution in [2.75, 3.05) is 10.6 Å². The van der Waals surface area contributed by atoms with E-state index in [1.165, 1.54) is 6.92 Å². The summed E-state index contributed by atoms with van der Waals surface area (Å²) in [7, 11) is 0. The molecule has 1 aliphatic heterocycles. The summed E-state index contributed by atoms with van der Waals surface area (Å²) in [5.41, 5.74) is 6.23. The number of aromatic nitrogens is 2. The highest BCUT2D eigenvalue weighted by molar-refractivity contribution is 5.88. The first-order chi connectivity index (χ1) is 11.6. The largest absolute Gasteiger partial charge is 0.359 e. The van der Waals surface area contributed by atoms with Crippen LogP contribution in [0.15, 0.2) is 54.6 Å². The molecule has 120 valence electrons. The van der Waals surface area contributed by atoms with Gasteiger partial charge in [-0.1, -0.05) is 30.3 Å². The van der Waals surface area contributed by atoms with E-state index in [0.717, 1.165) is 33.9 Å². The number of amides is 1.